The molecule has 2 aromatic carbocycles. The third-order valence-corrected chi connectivity index (χ3v) is 4.48. The van der Waals surface area contributed by atoms with Crippen LogP contribution in [-0.4, -0.2) is 17.0 Å². The average molecular weight is 380 g/mol. The van der Waals surface area contributed by atoms with Crippen LogP contribution in [0.2, 0.25) is 10.0 Å². The molecular weight excluding hydrogens is 361 g/mol. The summed E-state index contributed by atoms with van der Waals surface area (Å²) in [6.07, 6.45) is 0.0993. The van der Waals surface area contributed by atoms with E-state index in [2.05, 4.69) is 5.32 Å². The minimum absolute atomic E-state index is 0.250. The lowest BCUT2D eigenvalue weighted by Crippen LogP contribution is -2.27. The topological polar surface area (TPSA) is 66.4 Å². The molecule has 0 bridgehead atoms. The summed E-state index contributed by atoms with van der Waals surface area (Å²) in [5, 5.41) is 12.6. The molecule has 0 spiro atoms. The Hall–Kier alpha value is -2.04. The monoisotopic (exact) mass is 379 g/mol. The first-order valence-electron chi connectivity index (χ1n) is 7.79. The summed E-state index contributed by atoms with van der Waals surface area (Å²) in [5.74, 6) is -2.06. The van der Waals surface area contributed by atoms with Gasteiger partial charge in [-0.05, 0) is 44.0 Å². The van der Waals surface area contributed by atoms with Gasteiger partial charge in [-0.25, -0.2) is 0 Å². The molecule has 2 N–H and O–H groups in total. The fourth-order valence-electron chi connectivity index (χ4n) is 2.76. The van der Waals surface area contributed by atoms with Crippen molar-refractivity contribution in [2.75, 3.05) is 5.32 Å². The zero-order valence-electron chi connectivity index (χ0n) is 14.0. The maximum absolute atomic E-state index is 12.6. The van der Waals surface area contributed by atoms with Gasteiger partial charge in [0.1, 0.15) is 0 Å². The highest BCUT2D eigenvalue weighted by molar-refractivity contribution is 6.42. The second-order valence-corrected chi connectivity index (χ2v) is 6.93. The first kappa shape index (κ1) is 19.3. The normalized spacial score (nSPS) is 11.8. The number of rotatable bonds is 6. The quantitative estimate of drug-likeness (QED) is 0.751. The van der Waals surface area contributed by atoms with Crippen LogP contribution in [0.25, 0.3) is 0 Å². The average Bonchev–Trinajstić information content (AvgIpc) is 2.49. The number of aliphatic carboxylic acids is 1. The van der Waals surface area contributed by atoms with Crippen LogP contribution in [0.5, 0.6) is 0 Å². The highest BCUT2D eigenvalue weighted by Gasteiger charge is 2.23. The minimum atomic E-state index is -1.02. The zero-order chi connectivity index (χ0) is 18.6. The van der Waals surface area contributed by atoms with Crippen molar-refractivity contribution >= 4 is 40.8 Å². The van der Waals surface area contributed by atoms with Crippen molar-refractivity contribution in [1.29, 1.82) is 0 Å². The molecule has 1 atom stereocenters. The molecule has 0 aromatic heterocycles. The molecule has 1 amide bonds. The van der Waals surface area contributed by atoms with Gasteiger partial charge in [0, 0.05) is 5.69 Å². The van der Waals surface area contributed by atoms with E-state index >= 15 is 0 Å². The number of benzene rings is 2. The Morgan fingerprint density at radius 1 is 1.04 bits per heavy atom. The van der Waals surface area contributed by atoms with Gasteiger partial charge in [-0.15, -0.1) is 0 Å². The van der Waals surface area contributed by atoms with Crippen LogP contribution < -0.4 is 5.32 Å². The second-order valence-electron chi connectivity index (χ2n) is 6.11. The van der Waals surface area contributed by atoms with Gasteiger partial charge in [0.05, 0.1) is 22.4 Å². The molecule has 4 nitrogen and oxygen atoms in total. The molecular formula is C19H19Cl2NO3. The van der Waals surface area contributed by atoms with Crippen LogP contribution in [-0.2, 0) is 16.0 Å². The fraction of sp³-hybridized carbons (Fsp3) is 0.263. The van der Waals surface area contributed by atoms with E-state index in [0.29, 0.717) is 22.2 Å². The number of hydrogen-bond donors (Lipinski definition) is 2. The standard InChI is InChI=1S/C19H19Cl2NO3/c1-11-5-12(2)7-13(6-11)8-14(9-18(23)24)19(25)22-15-3-4-16(20)17(21)10-15/h3-7,10,14H,8-9H2,1-2H3,(H,22,25)(H,23,24). The maximum atomic E-state index is 12.6. The van der Waals surface area contributed by atoms with Gasteiger partial charge in [0.2, 0.25) is 5.91 Å². The molecule has 0 aliphatic rings. The van der Waals surface area contributed by atoms with Gasteiger partial charge in [-0.2, -0.15) is 0 Å². The first-order valence-corrected chi connectivity index (χ1v) is 8.55. The van der Waals surface area contributed by atoms with E-state index in [-0.39, 0.29) is 12.3 Å². The van der Waals surface area contributed by atoms with E-state index in [1.54, 1.807) is 12.1 Å². The van der Waals surface area contributed by atoms with Gasteiger partial charge in [0.25, 0.3) is 0 Å². The van der Waals surface area contributed by atoms with Crippen LogP contribution in [0.15, 0.2) is 36.4 Å². The number of amides is 1. The summed E-state index contributed by atoms with van der Waals surface area (Å²) in [4.78, 5) is 23.7. The van der Waals surface area contributed by atoms with Crippen molar-refractivity contribution in [3.63, 3.8) is 0 Å². The van der Waals surface area contributed by atoms with Crippen molar-refractivity contribution < 1.29 is 14.7 Å². The van der Waals surface area contributed by atoms with E-state index in [4.69, 9.17) is 28.3 Å². The molecule has 0 aliphatic carbocycles. The Balaban J connectivity index is 2.18. The van der Waals surface area contributed by atoms with Gasteiger partial charge in [-0.1, -0.05) is 52.5 Å². The molecule has 132 valence electrons. The van der Waals surface area contributed by atoms with E-state index in [1.165, 1.54) is 6.07 Å². The van der Waals surface area contributed by atoms with Crippen LogP contribution in [0, 0.1) is 19.8 Å². The predicted molar refractivity (Wildman–Crippen MR) is 100 cm³/mol. The highest BCUT2D eigenvalue weighted by Crippen LogP contribution is 2.26. The van der Waals surface area contributed by atoms with Crippen LogP contribution in [0.1, 0.15) is 23.1 Å². The number of nitrogens with one attached hydrogen (secondary N) is 1. The lowest BCUT2D eigenvalue weighted by molar-refractivity contribution is -0.140. The Morgan fingerprint density at radius 3 is 2.24 bits per heavy atom. The first-order chi connectivity index (χ1) is 11.7. The lowest BCUT2D eigenvalue weighted by Gasteiger charge is -2.16. The molecule has 0 saturated carbocycles. The SMILES string of the molecule is Cc1cc(C)cc(CC(CC(=O)O)C(=O)Nc2ccc(Cl)c(Cl)c2)c1. The molecule has 1 unspecified atom stereocenters. The number of aryl methyl sites for hydroxylation is 2. The Bertz CT molecular complexity index is 785. The third kappa shape index (κ3) is 5.76. The molecule has 2 aromatic rings. The highest BCUT2D eigenvalue weighted by atomic mass is 35.5. The van der Waals surface area contributed by atoms with Crippen molar-refractivity contribution in [3.05, 3.63) is 63.1 Å². The Morgan fingerprint density at radius 2 is 1.68 bits per heavy atom. The Kier molecular flexibility index (Phi) is 6.45. The minimum Gasteiger partial charge on any atom is -0.481 e. The van der Waals surface area contributed by atoms with Crippen LogP contribution in [0.3, 0.4) is 0 Å². The number of anilines is 1. The molecule has 0 heterocycles. The largest absolute Gasteiger partial charge is 0.481 e. The molecule has 0 radical (unpaired) electrons. The third-order valence-electron chi connectivity index (χ3n) is 3.74. The number of carboxylic acid groups (broad SMARTS) is 1. The van der Waals surface area contributed by atoms with E-state index < -0.39 is 11.9 Å². The van der Waals surface area contributed by atoms with E-state index in [0.717, 1.165) is 16.7 Å². The van der Waals surface area contributed by atoms with Crippen LogP contribution in [0.4, 0.5) is 5.69 Å². The van der Waals surface area contributed by atoms with Gasteiger partial charge in [0.15, 0.2) is 0 Å². The molecule has 0 fully saturated rings. The molecule has 2 rings (SSSR count). The lowest BCUT2D eigenvalue weighted by atomic mass is 9.93. The molecule has 0 saturated heterocycles. The summed E-state index contributed by atoms with van der Waals surface area (Å²) < 4.78 is 0. The van der Waals surface area contributed by atoms with Crippen LogP contribution >= 0.6 is 23.2 Å². The number of halogens is 2. The number of carboxylic acids is 1. The zero-order valence-corrected chi connectivity index (χ0v) is 15.5. The van der Waals surface area contributed by atoms with Crippen molar-refractivity contribution in [2.45, 2.75) is 26.7 Å². The summed E-state index contributed by atoms with van der Waals surface area (Å²) in [6, 6.07) is 10.7. The van der Waals surface area contributed by atoms with Gasteiger partial charge in [-0.3, -0.25) is 9.59 Å². The van der Waals surface area contributed by atoms with Crippen molar-refractivity contribution in [1.82, 2.24) is 0 Å². The number of hydrogen-bond acceptors (Lipinski definition) is 2. The number of carbonyl (C=O) groups excluding carboxylic acids is 1. The summed E-state index contributed by atoms with van der Waals surface area (Å²) in [5.41, 5.74) is 3.58. The van der Waals surface area contributed by atoms with E-state index in [9.17, 15) is 9.59 Å². The summed E-state index contributed by atoms with van der Waals surface area (Å²) in [6.45, 7) is 3.94. The predicted octanol–water partition coefficient (Wildman–Crippen LogP) is 4.88. The molecule has 6 heteroatoms. The van der Waals surface area contributed by atoms with Gasteiger partial charge >= 0.3 is 5.97 Å². The molecule has 0 aliphatic heterocycles. The smallest absolute Gasteiger partial charge is 0.304 e. The Labute approximate surface area is 156 Å². The van der Waals surface area contributed by atoms with Crippen molar-refractivity contribution in [3.8, 4) is 0 Å². The fourth-order valence-corrected chi connectivity index (χ4v) is 3.06. The summed E-state index contributed by atoms with van der Waals surface area (Å²) in [7, 11) is 0. The van der Waals surface area contributed by atoms with E-state index in [1.807, 2.05) is 32.0 Å². The summed E-state index contributed by atoms with van der Waals surface area (Å²) >= 11 is 11.8. The number of carbonyl (C=O) groups is 2. The van der Waals surface area contributed by atoms with Crippen molar-refractivity contribution in [2.24, 2.45) is 5.92 Å². The molecule has 25 heavy (non-hydrogen) atoms. The van der Waals surface area contributed by atoms with Gasteiger partial charge < -0.3 is 10.4 Å². The maximum Gasteiger partial charge on any atom is 0.304 e. The second kappa shape index (κ2) is 8.37.